The number of carbonyl (C=O) groups excluding carboxylic acids is 1. The molecule has 2 N–H and O–H groups in total. The maximum atomic E-state index is 12.1. The number of amides is 2. The van der Waals surface area contributed by atoms with Gasteiger partial charge in [-0.05, 0) is 37.0 Å². The summed E-state index contributed by atoms with van der Waals surface area (Å²) in [5.41, 5.74) is 0.988. The first kappa shape index (κ1) is 17.3. The summed E-state index contributed by atoms with van der Waals surface area (Å²) in [6.45, 7) is 2.48. The second-order valence-corrected chi connectivity index (χ2v) is 8.04. The molecule has 1 fully saturated rings. The van der Waals surface area contributed by atoms with Gasteiger partial charge in [0, 0.05) is 28.6 Å². The van der Waals surface area contributed by atoms with Crippen LogP contribution in [0, 0.1) is 0 Å². The van der Waals surface area contributed by atoms with Crippen LogP contribution in [0.5, 0.6) is 0 Å². The van der Waals surface area contributed by atoms with Crippen LogP contribution in [0.1, 0.15) is 44.2 Å². The van der Waals surface area contributed by atoms with Gasteiger partial charge in [-0.1, -0.05) is 37.1 Å². The van der Waals surface area contributed by atoms with Crippen molar-refractivity contribution in [2.75, 3.05) is 12.8 Å². The third kappa shape index (κ3) is 4.02. The van der Waals surface area contributed by atoms with E-state index in [2.05, 4.69) is 10.6 Å². The second kappa shape index (κ2) is 7.47. The maximum absolute atomic E-state index is 12.1. The van der Waals surface area contributed by atoms with Gasteiger partial charge in [0.15, 0.2) is 0 Å². The molecular formula is C16H23ClN2O2S. The molecule has 1 aliphatic carbocycles. The number of carbonyl (C=O) groups is 1. The standard InChI is InChI=1S/C16H23ClN2O2S/c1-3-14(12-6-4-7-13(17)10-12)19-15(20)18-11-16(22(2)21)8-5-9-16/h4,6-7,10,14H,3,5,8-9,11H2,1-2H3,(H2,18,19,20). The Kier molecular flexibility index (Phi) is 5.87. The minimum atomic E-state index is -0.912. The predicted octanol–water partition coefficient (Wildman–Crippen LogP) is 3.39. The van der Waals surface area contributed by atoms with E-state index in [9.17, 15) is 9.00 Å². The zero-order chi connectivity index (χ0) is 16.2. The van der Waals surface area contributed by atoms with Crippen molar-refractivity contribution < 1.29 is 9.00 Å². The predicted molar refractivity (Wildman–Crippen MR) is 91.7 cm³/mol. The van der Waals surface area contributed by atoms with Gasteiger partial charge in [-0.2, -0.15) is 0 Å². The van der Waals surface area contributed by atoms with Crippen molar-refractivity contribution >= 4 is 28.4 Å². The summed E-state index contributed by atoms with van der Waals surface area (Å²) in [5.74, 6) is 0. The topological polar surface area (TPSA) is 58.2 Å². The first-order valence-electron chi connectivity index (χ1n) is 7.60. The van der Waals surface area contributed by atoms with Crippen LogP contribution in [-0.4, -0.2) is 27.8 Å². The lowest BCUT2D eigenvalue weighted by molar-refractivity contribution is 0.231. The zero-order valence-electron chi connectivity index (χ0n) is 13.0. The molecule has 122 valence electrons. The molecule has 0 aliphatic heterocycles. The van der Waals surface area contributed by atoms with Gasteiger partial charge < -0.3 is 10.6 Å². The van der Waals surface area contributed by atoms with Gasteiger partial charge in [0.25, 0.3) is 0 Å². The SMILES string of the molecule is CCC(NC(=O)NCC1(S(C)=O)CCC1)c1cccc(Cl)c1. The summed E-state index contributed by atoms with van der Waals surface area (Å²) in [5, 5.41) is 6.50. The Morgan fingerprint density at radius 3 is 2.68 bits per heavy atom. The van der Waals surface area contributed by atoms with E-state index in [4.69, 9.17) is 11.6 Å². The molecule has 0 saturated heterocycles. The third-order valence-corrected chi connectivity index (χ3v) is 6.42. The van der Waals surface area contributed by atoms with Gasteiger partial charge in [0.05, 0.1) is 10.8 Å². The number of nitrogens with one attached hydrogen (secondary N) is 2. The highest BCUT2D eigenvalue weighted by molar-refractivity contribution is 7.85. The third-order valence-electron chi connectivity index (χ3n) is 4.41. The summed E-state index contributed by atoms with van der Waals surface area (Å²) in [4.78, 5) is 12.1. The highest BCUT2D eigenvalue weighted by Crippen LogP contribution is 2.36. The van der Waals surface area contributed by atoms with Crippen molar-refractivity contribution in [1.29, 1.82) is 0 Å². The average Bonchev–Trinajstić information content (AvgIpc) is 2.43. The molecule has 6 heteroatoms. The van der Waals surface area contributed by atoms with Crippen LogP contribution in [0.3, 0.4) is 0 Å². The van der Waals surface area contributed by atoms with Crippen molar-refractivity contribution in [3.8, 4) is 0 Å². The van der Waals surface area contributed by atoms with Crippen molar-refractivity contribution in [2.45, 2.75) is 43.4 Å². The quantitative estimate of drug-likeness (QED) is 0.832. The van der Waals surface area contributed by atoms with Crippen LogP contribution in [0.25, 0.3) is 0 Å². The molecule has 2 amide bonds. The largest absolute Gasteiger partial charge is 0.337 e. The molecule has 1 saturated carbocycles. The molecule has 0 spiro atoms. The summed E-state index contributed by atoms with van der Waals surface area (Å²) in [7, 11) is -0.912. The van der Waals surface area contributed by atoms with E-state index in [1.165, 1.54) is 0 Å². The molecule has 1 aromatic rings. The molecule has 2 rings (SSSR count). The fourth-order valence-electron chi connectivity index (χ4n) is 2.73. The van der Waals surface area contributed by atoms with E-state index >= 15 is 0 Å². The van der Waals surface area contributed by atoms with E-state index in [-0.39, 0.29) is 16.8 Å². The van der Waals surface area contributed by atoms with Crippen LogP contribution in [-0.2, 0) is 10.8 Å². The molecule has 22 heavy (non-hydrogen) atoms. The van der Waals surface area contributed by atoms with Crippen LogP contribution in [0.15, 0.2) is 24.3 Å². The lowest BCUT2D eigenvalue weighted by Crippen LogP contribution is -2.52. The van der Waals surface area contributed by atoms with Crippen LogP contribution in [0.4, 0.5) is 4.79 Å². The van der Waals surface area contributed by atoms with Gasteiger partial charge >= 0.3 is 6.03 Å². The summed E-state index contributed by atoms with van der Waals surface area (Å²) in [6.07, 6.45) is 5.42. The summed E-state index contributed by atoms with van der Waals surface area (Å²) in [6, 6.07) is 7.21. The number of urea groups is 1. The molecule has 2 atom stereocenters. The number of rotatable bonds is 6. The number of hydrogen-bond donors (Lipinski definition) is 2. The van der Waals surface area contributed by atoms with Crippen LogP contribution in [0.2, 0.25) is 5.02 Å². The fourth-order valence-corrected chi connectivity index (χ4v) is 4.07. The molecule has 4 nitrogen and oxygen atoms in total. The fraction of sp³-hybridized carbons (Fsp3) is 0.562. The van der Waals surface area contributed by atoms with E-state index in [1.54, 1.807) is 6.26 Å². The van der Waals surface area contributed by atoms with Gasteiger partial charge in [-0.3, -0.25) is 4.21 Å². The van der Waals surface area contributed by atoms with Crippen molar-refractivity contribution in [2.24, 2.45) is 0 Å². The zero-order valence-corrected chi connectivity index (χ0v) is 14.6. The maximum Gasteiger partial charge on any atom is 0.315 e. The normalized spacial score (nSPS) is 18.9. The van der Waals surface area contributed by atoms with E-state index in [1.807, 2.05) is 31.2 Å². The van der Waals surface area contributed by atoms with E-state index < -0.39 is 10.8 Å². The van der Waals surface area contributed by atoms with Crippen LogP contribution < -0.4 is 10.6 Å². The number of benzene rings is 1. The Morgan fingerprint density at radius 2 is 2.18 bits per heavy atom. The first-order valence-corrected chi connectivity index (χ1v) is 9.54. The van der Waals surface area contributed by atoms with Crippen LogP contribution >= 0.6 is 11.6 Å². The van der Waals surface area contributed by atoms with Gasteiger partial charge in [-0.25, -0.2) is 4.79 Å². The average molecular weight is 343 g/mol. The Morgan fingerprint density at radius 1 is 1.45 bits per heavy atom. The number of hydrogen-bond acceptors (Lipinski definition) is 2. The molecule has 2 unspecified atom stereocenters. The molecular weight excluding hydrogens is 320 g/mol. The summed E-state index contributed by atoms with van der Waals surface area (Å²) < 4.78 is 11.6. The van der Waals surface area contributed by atoms with E-state index in [0.29, 0.717) is 11.6 Å². The molecule has 0 radical (unpaired) electrons. The minimum Gasteiger partial charge on any atom is -0.337 e. The highest BCUT2D eigenvalue weighted by Gasteiger charge is 2.41. The molecule has 1 aliphatic rings. The molecule has 0 heterocycles. The van der Waals surface area contributed by atoms with Crippen molar-refractivity contribution in [1.82, 2.24) is 10.6 Å². The van der Waals surface area contributed by atoms with Crippen molar-refractivity contribution in [3.05, 3.63) is 34.9 Å². The lowest BCUT2D eigenvalue weighted by Gasteiger charge is -2.39. The Labute approximate surface area is 139 Å². The molecule has 0 aromatic heterocycles. The van der Waals surface area contributed by atoms with Gasteiger partial charge in [0.1, 0.15) is 0 Å². The smallest absolute Gasteiger partial charge is 0.315 e. The Balaban J connectivity index is 1.91. The minimum absolute atomic E-state index is 0.0804. The number of halogens is 1. The monoisotopic (exact) mass is 342 g/mol. The van der Waals surface area contributed by atoms with Gasteiger partial charge in [-0.15, -0.1) is 0 Å². The van der Waals surface area contributed by atoms with Crippen molar-refractivity contribution in [3.63, 3.8) is 0 Å². The molecule has 0 bridgehead atoms. The first-order chi connectivity index (χ1) is 10.5. The van der Waals surface area contributed by atoms with Gasteiger partial charge in [0.2, 0.25) is 0 Å². The Bertz CT molecular complexity index is 561. The Hall–Kier alpha value is -1.07. The lowest BCUT2D eigenvalue weighted by atomic mass is 9.84. The van der Waals surface area contributed by atoms with E-state index in [0.717, 1.165) is 31.2 Å². The second-order valence-electron chi connectivity index (χ2n) is 5.83. The molecule has 1 aromatic carbocycles. The summed E-state index contributed by atoms with van der Waals surface area (Å²) >= 11 is 6.00. The highest BCUT2D eigenvalue weighted by atomic mass is 35.5.